The largest absolute Gasteiger partial charge is 0.496 e. The Morgan fingerprint density at radius 1 is 1.06 bits per heavy atom. The minimum Gasteiger partial charge on any atom is -0.496 e. The van der Waals surface area contributed by atoms with Crippen LogP contribution in [0.1, 0.15) is 16.7 Å². The molecule has 0 aliphatic rings. The van der Waals surface area contributed by atoms with Crippen LogP contribution in [0, 0.1) is 6.92 Å². The maximum atomic E-state index is 13.3. The van der Waals surface area contributed by atoms with Crippen LogP contribution in [0.2, 0.25) is 0 Å². The molecule has 0 fully saturated rings. The fourth-order valence-electron chi connectivity index (χ4n) is 3.31. The maximum Gasteiger partial charge on any atom is 0.420 e. The number of aryl methyl sites for hydroxylation is 1. The Hall–Kier alpha value is -3.60. The van der Waals surface area contributed by atoms with Gasteiger partial charge in [-0.15, -0.1) is 0 Å². The van der Waals surface area contributed by atoms with Gasteiger partial charge in [-0.2, -0.15) is 13.2 Å². The smallest absolute Gasteiger partial charge is 0.420 e. The van der Waals surface area contributed by atoms with Crippen LogP contribution in [0.4, 0.5) is 30.4 Å². The van der Waals surface area contributed by atoms with Crippen LogP contribution >= 0.6 is 11.8 Å². The standard InChI is InChI=1S/C23H21F3N6OS/c1-13-4-5-14(10-27-15-6-7-19(33-2)16(9-15)23(24,25)26)8-17(13)31-21-20-18(29-12-30-21)11-28-22(32-20)34-3/h4-9,11-12,27H,10H2,1-3H3,(H,29,30,31). The summed E-state index contributed by atoms with van der Waals surface area (Å²) >= 11 is 1.42. The van der Waals surface area contributed by atoms with Crippen LogP contribution in [-0.4, -0.2) is 33.3 Å². The number of fused-ring (bicyclic) bond motifs is 1. The van der Waals surface area contributed by atoms with Gasteiger partial charge in [-0.25, -0.2) is 19.9 Å². The van der Waals surface area contributed by atoms with Gasteiger partial charge in [0.25, 0.3) is 0 Å². The van der Waals surface area contributed by atoms with Crippen LogP contribution in [0.25, 0.3) is 11.0 Å². The van der Waals surface area contributed by atoms with E-state index in [1.165, 1.54) is 31.3 Å². The van der Waals surface area contributed by atoms with Gasteiger partial charge in [0.15, 0.2) is 11.0 Å². The topological polar surface area (TPSA) is 84.9 Å². The summed E-state index contributed by atoms with van der Waals surface area (Å²) in [4.78, 5) is 17.3. The molecule has 7 nitrogen and oxygen atoms in total. The maximum absolute atomic E-state index is 13.3. The molecule has 0 bridgehead atoms. The van der Waals surface area contributed by atoms with Gasteiger partial charge in [0.2, 0.25) is 0 Å². The number of nitrogens with zero attached hydrogens (tertiary/aromatic N) is 4. The number of rotatable bonds is 7. The SMILES string of the molecule is COc1ccc(NCc2ccc(C)c(Nc3ncnc4cnc(SC)nc34)c2)cc1C(F)(F)F. The molecule has 4 aromatic rings. The quantitative estimate of drug-likeness (QED) is 0.249. The van der Waals surface area contributed by atoms with Gasteiger partial charge in [-0.05, 0) is 48.6 Å². The van der Waals surface area contributed by atoms with Gasteiger partial charge in [-0.3, -0.25) is 0 Å². The lowest BCUT2D eigenvalue weighted by Gasteiger charge is -2.15. The van der Waals surface area contributed by atoms with E-state index in [0.29, 0.717) is 34.2 Å². The van der Waals surface area contributed by atoms with E-state index >= 15 is 0 Å². The van der Waals surface area contributed by atoms with Crippen molar-refractivity contribution in [2.45, 2.75) is 24.8 Å². The number of methoxy groups -OCH3 is 1. The Labute approximate surface area is 198 Å². The minimum atomic E-state index is -4.51. The molecule has 34 heavy (non-hydrogen) atoms. The molecule has 0 amide bonds. The average molecular weight is 487 g/mol. The third-order valence-electron chi connectivity index (χ3n) is 5.09. The molecule has 0 saturated heterocycles. The van der Waals surface area contributed by atoms with Crippen LogP contribution in [-0.2, 0) is 12.7 Å². The molecule has 0 aliphatic carbocycles. The van der Waals surface area contributed by atoms with Crippen molar-refractivity contribution in [1.29, 1.82) is 0 Å². The predicted molar refractivity (Wildman–Crippen MR) is 127 cm³/mol. The lowest BCUT2D eigenvalue weighted by atomic mass is 10.1. The first-order valence-corrected chi connectivity index (χ1v) is 11.4. The Balaban J connectivity index is 1.56. The number of hydrogen-bond acceptors (Lipinski definition) is 8. The second kappa shape index (κ2) is 9.72. The van der Waals surface area contributed by atoms with Crippen molar-refractivity contribution in [2.75, 3.05) is 24.0 Å². The molecule has 0 unspecified atom stereocenters. The molecular weight excluding hydrogens is 465 g/mol. The Kier molecular flexibility index (Phi) is 6.73. The third kappa shape index (κ3) is 5.14. The van der Waals surface area contributed by atoms with Gasteiger partial charge < -0.3 is 15.4 Å². The summed E-state index contributed by atoms with van der Waals surface area (Å²) in [5, 5.41) is 6.96. The van der Waals surface area contributed by atoms with E-state index in [1.807, 2.05) is 31.4 Å². The third-order valence-corrected chi connectivity index (χ3v) is 5.66. The first-order chi connectivity index (χ1) is 16.3. The van der Waals surface area contributed by atoms with Crippen molar-refractivity contribution in [1.82, 2.24) is 19.9 Å². The first kappa shape index (κ1) is 23.6. The van der Waals surface area contributed by atoms with Crippen LogP contribution in [0.5, 0.6) is 5.75 Å². The van der Waals surface area contributed by atoms with Crippen molar-refractivity contribution in [3.63, 3.8) is 0 Å². The van der Waals surface area contributed by atoms with Gasteiger partial charge >= 0.3 is 6.18 Å². The summed E-state index contributed by atoms with van der Waals surface area (Å²) in [5.74, 6) is 0.325. The number of benzene rings is 2. The zero-order chi connectivity index (χ0) is 24.3. The van der Waals surface area contributed by atoms with Crippen molar-refractivity contribution < 1.29 is 17.9 Å². The highest BCUT2D eigenvalue weighted by molar-refractivity contribution is 7.98. The molecule has 4 rings (SSSR count). The molecule has 0 radical (unpaired) electrons. The number of aromatic nitrogens is 4. The van der Waals surface area contributed by atoms with Crippen LogP contribution in [0.3, 0.4) is 0 Å². The molecule has 2 aromatic carbocycles. The lowest BCUT2D eigenvalue weighted by molar-refractivity contribution is -0.138. The highest BCUT2D eigenvalue weighted by Gasteiger charge is 2.34. The van der Waals surface area contributed by atoms with Crippen molar-refractivity contribution in [3.05, 3.63) is 65.6 Å². The van der Waals surface area contributed by atoms with E-state index in [0.717, 1.165) is 22.9 Å². The summed E-state index contributed by atoms with van der Waals surface area (Å²) in [6.07, 6.45) is 0.469. The summed E-state index contributed by atoms with van der Waals surface area (Å²) in [5.41, 5.74) is 3.37. The number of halogens is 3. The monoisotopic (exact) mass is 486 g/mol. The number of ether oxygens (including phenoxy) is 1. The molecular formula is C23H21F3N6OS. The molecule has 2 N–H and O–H groups in total. The average Bonchev–Trinajstić information content (AvgIpc) is 2.83. The van der Waals surface area contributed by atoms with Crippen molar-refractivity contribution in [2.24, 2.45) is 0 Å². The van der Waals surface area contributed by atoms with E-state index in [2.05, 4.69) is 30.6 Å². The number of nitrogens with one attached hydrogen (secondary N) is 2. The lowest BCUT2D eigenvalue weighted by Crippen LogP contribution is -2.09. The van der Waals surface area contributed by atoms with Crippen molar-refractivity contribution in [3.8, 4) is 5.75 Å². The van der Waals surface area contributed by atoms with E-state index < -0.39 is 11.7 Å². The van der Waals surface area contributed by atoms with Crippen LogP contribution in [0.15, 0.2) is 54.1 Å². The molecule has 0 spiro atoms. The molecule has 176 valence electrons. The summed E-state index contributed by atoms with van der Waals surface area (Å²) < 4.78 is 44.8. The minimum absolute atomic E-state index is 0.217. The second-order valence-corrected chi connectivity index (χ2v) is 8.13. The van der Waals surface area contributed by atoms with Crippen molar-refractivity contribution >= 4 is 40.0 Å². The van der Waals surface area contributed by atoms with E-state index in [4.69, 9.17) is 4.74 Å². The normalized spacial score (nSPS) is 11.5. The van der Waals surface area contributed by atoms with Gasteiger partial charge in [0.1, 0.15) is 23.1 Å². The zero-order valence-corrected chi connectivity index (χ0v) is 19.4. The fraction of sp³-hybridized carbons (Fsp3) is 0.217. The molecule has 0 atom stereocenters. The molecule has 2 aromatic heterocycles. The fourth-order valence-corrected chi connectivity index (χ4v) is 3.65. The van der Waals surface area contributed by atoms with E-state index in [1.54, 1.807) is 12.3 Å². The highest BCUT2D eigenvalue weighted by Crippen LogP contribution is 2.37. The first-order valence-electron chi connectivity index (χ1n) is 10.2. The number of anilines is 3. The molecule has 0 aliphatic heterocycles. The predicted octanol–water partition coefficient (Wildman–Crippen LogP) is 5.83. The molecule has 0 saturated carbocycles. The summed E-state index contributed by atoms with van der Waals surface area (Å²) in [6, 6.07) is 9.66. The Bertz CT molecular complexity index is 1330. The number of hydrogen-bond donors (Lipinski definition) is 2. The summed E-state index contributed by atoms with van der Waals surface area (Å²) in [7, 11) is 1.22. The Morgan fingerprint density at radius 3 is 2.62 bits per heavy atom. The second-order valence-electron chi connectivity index (χ2n) is 7.35. The molecule has 11 heteroatoms. The molecule has 2 heterocycles. The van der Waals surface area contributed by atoms with E-state index in [9.17, 15) is 13.2 Å². The van der Waals surface area contributed by atoms with Crippen LogP contribution < -0.4 is 15.4 Å². The Morgan fingerprint density at radius 2 is 1.88 bits per heavy atom. The summed E-state index contributed by atoms with van der Waals surface area (Å²) in [6.45, 7) is 2.27. The van der Waals surface area contributed by atoms with Gasteiger partial charge in [0, 0.05) is 17.9 Å². The number of alkyl halides is 3. The van der Waals surface area contributed by atoms with E-state index in [-0.39, 0.29) is 5.75 Å². The van der Waals surface area contributed by atoms with Gasteiger partial charge in [-0.1, -0.05) is 23.9 Å². The van der Waals surface area contributed by atoms with Gasteiger partial charge in [0.05, 0.1) is 18.9 Å². The highest BCUT2D eigenvalue weighted by atomic mass is 32.2. The zero-order valence-electron chi connectivity index (χ0n) is 18.6. The number of thioether (sulfide) groups is 1.